The lowest BCUT2D eigenvalue weighted by Crippen LogP contribution is -2.21. The van der Waals surface area contributed by atoms with Crippen molar-refractivity contribution in [1.82, 2.24) is 0 Å². The fourth-order valence-corrected chi connectivity index (χ4v) is 2.86. The Balaban J connectivity index is 1.55. The first kappa shape index (κ1) is 17.7. The number of nitro benzene ring substituents is 1. The van der Waals surface area contributed by atoms with Gasteiger partial charge in [0.05, 0.1) is 16.7 Å². The van der Waals surface area contributed by atoms with Gasteiger partial charge in [0.25, 0.3) is 11.6 Å². The average Bonchev–Trinajstić information content (AvgIpc) is 3.15. The second-order valence-electron chi connectivity index (χ2n) is 6.11. The van der Waals surface area contributed by atoms with Gasteiger partial charge >= 0.3 is 0 Å². The Morgan fingerprint density at radius 1 is 1.12 bits per heavy atom. The van der Waals surface area contributed by atoms with Crippen LogP contribution in [0.1, 0.15) is 25.7 Å². The number of amides is 1. The molecule has 0 spiro atoms. The van der Waals surface area contributed by atoms with E-state index in [1.807, 2.05) is 18.2 Å². The van der Waals surface area contributed by atoms with Crippen LogP contribution in [0.15, 0.2) is 48.5 Å². The van der Waals surface area contributed by atoms with Crippen molar-refractivity contribution < 1.29 is 19.2 Å². The molecule has 1 amide bonds. The molecule has 0 atom stereocenters. The average molecular weight is 356 g/mol. The Hall–Kier alpha value is -3.09. The normalized spacial score (nSPS) is 14.0. The molecule has 0 radical (unpaired) electrons. The SMILES string of the molecule is O=C(COc1ccc([N+](=O)[O-])cc1)Nc1ccccc1OC1CCCC1. The van der Waals surface area contributed by atoms with Gasteiger partial charge in [-0.3, -0.25) is 14.9 Å². The lowest BCUT2D eigenvalue weighted by atomic mass is 10.2. The highest BCUT2D eigenvalue weighted by Gasteiger charge is 2.18. The number of hydrogen-bond donors (Lipinski definition) is 1. The van der Waals surface area contributed by atoms with Crippen LogP contribution in [-0.4, -0.2) is 23.5 Å². The summed E-state index contributed by atoms with van der Waals surface area (Å²) in [5, 5.41) is 13.4. The van der Waals surface area contributed by atoms with E-state index >= 15 is 0 Å². The van der Waals surface area contributed by atoms with Crippen LogP contribution in [-0.2, 0) is 4.79 Å². The zero-order chi connectivity index (χ0) is 18.4. The molecule has 0 heterocycles. The molecule has 0 aliphatic heterocycles. The Morgan fingerprint density at radius 2 is 1.81 bits per heavy atom. The molecular weight excluding hydrogens is 336 g/mol. The molecule has 0 aromatic heterocycles. The molecule has 1 aliphatic carbocycles. The van der Waals surface area contributed by atoms with E-state index in [2.05, 4.69) is 5.32 Å². The molecule has 136 valence electrons. The number of hydrogen-bond acceptors (Lipinski definition) is 5. The first-order valence-electron chi connectivity index (χ1n) is 8.54. The standard InChI is InChI=1S/C19H20N2O5/c22-19(13-25-15-11-9-14(10-12-15)21(23)24)20-17-7-3-4-8-18(17)26-16-5-1-2-6-16/h3-4,7-12,16H,1-2,5-6,13H2,(H,20,22). The van der Waals surface area contributed by atoms with E-state index in [-0.39, 0.29) is 24.3 Å². The van der Waals surface area contributed by atoms with E-state index in [1.54, 1.807) is 6.07 Å². The summed E-state index contributed by atoms with van der Waals surface area (Å²) in [4.78, 5) is 22.3. The zero-order valence-electron chi connectivity index (χ0n) is 14.2. The van der Waals surface area contributed by atoms with Gasteiger partial charge in [-0.15, -0.1) is 0 Å². The Kier molecular flexibility index (Phi) is 5.68. The minimum Gasteiger partial charge on any atom is -0.488 e. The van der Waals surface area contributed by atoms with Crippen LogP contribution in [0.25, 0.3) is 0 Å². The molecule has 1 saturated carbocycles. The molecule has 0 bridgehead atoms. The van der Waals surface area contributed by atoms with Gasteiger partial charge in [0.15, 0.2) is 6.61 Å². The predicted octanol–water partition coefficient (Wildman–Crippen LogP) is 3.93. The number of ether oxygens (including phenoxy) is 2. The third-order valence-corrected chi connectivity index (χ3v) is 4.17. The van der Waals surface area contributed by atoms with E-state index < -0.39 is 4.92 Å². The van der Waals surface area contributed by atoms with E-state index in [1.165, 1.54) is 37.1 Å². The Labute approximate surface area is 151 Å². The number of carbonyl (C=O) groups excluding carboxylic acids is 1. The number of benzene rings is 2. The van der Waals surface area contributed by atoms with Crippen LogP contribution in [0.4, 0.5) is 11.4 Å². The van der Waals surface area contributed by atoms with Crippen LogP contribution in [0.5, 0.6) is 11.5 Å². The van der Waals surface area contributed by atoms with Gasteiger partial charge in [-0.2, -0.15) is 0 Å². The van der Waals surface area contributed by atoms with Crippen molar-refractivity contribution >= 4 is 17.3 Å². The number of non-ortho nitro benzene ring substituents is 1. The van der Waals surface area contributed by atoms with Crippen molar-refractivity contribution in [1.29, 1.82) is 0 Å². The first-order valence-corrected chi connectivity index (χ1v) is 8.54. The van der Waals surface area contributed by atoms with Gasteiger partial charge in [0.2, 0.25) is 0 Å². The molecule has 0 saturated heterocycles. The molecule has 1 aliphatic rings. The van der Waals surface area contributed by atoms with Crippen LogP contribution < -0.4 is 14.8 Å². The van der Waals surface area contributed by atoms with E-state index in [4.69, 9.17) is 9.47 Å². The number of carbonyl (C=O) groups is 1. The number of para-hydroxylation sites is 2. The number of nitrogens with zero attached hydrogens (tertiary/aromatic N) is 1. The summed E-state index contributed by atoms with van der Waals surface area (Å²) in [5.41, 5.74) is 0.580. The van der Waals surface area contributed by atoms with Crippen LogP contribution in [0, 0.1) is 10.1 Å². The summed E-state index contributed by atoms with van der Waals surface area (Å²) in [6.45, 7) is -0.199. The minimum atomic E-state index is -0.488. The van der Waals surface area contributed by atoms with Gasteiger partial charge in [0, 0.05) is 12.1 Å². The fourth-order valence-electron chi connectivity index (χ4n) is 2.86. The summed E-state index contributed by atoms with van der Waals surface area (Å²) in [7, 11) is 0. The molecule has 7 heteroatoms. The van der Waals surface area contributed by atoms with Gasteiger partial charge in [-0.25, -0.2) is 0 Å². The van der Waals surface area contributed by atoms with Crippen LogP contribution >= 0.6 is 0 Å². The molecule has 1 N–H and O–H groups in total. The third kappa shape index (κ3) is 4.72. The van der Waals surface area contributed by atoms with Crippen LogP contribution in [0.3, 0.4) is 0 Å². The molecule has 3 rings (SSSR count). The molecule has 26 heavy (non-hydrogen) atoms. The highest BCUT2D eigenvalue weighted by molar-refractivity contribution is 5.93. The van der Waals surface area contributed by atoms with Crippen LogP contribution in [0.2, 0.25) is 0 Å². The van der Waals surface area contributed by atoms with Gasteiger partial charge in [-0.1, -0.05) is 12.1 Å². The Morgan fingerprint density at radius 3 is 2.50 bits per heavy atom. The first-order chi connectivity index (χ1) is 12.6. The summed E-state index contributed by atoms with van der Waals surface area (Å²) in [6.07, 6.45) is 4.60. The molecular formula is C19H20N2O5. The summed E-state index contributed by atoms with van der Waals surface area (Å²) in [6, 6.07) is 12.9. The maximum Gasteiger partial charge on any atom is 0.269 e. The number of anilines is 1. The lowest BCUT2D eigenvalue weighted by molar-refractivity contribution is -0.384. The minimum absolute atomic E-state index is 0.0280. The Bertz CT molecular complexity index is 770. The van der Waals surface area contributed by atoms with Crippen molar-refractivity contribution in [2.45, 2.75) is 31.8 Å². The van der Waals surface area contributed by atoms with Crippen molar-refractivity contribution in [3.8, 4) is 11.5 Å². The largest absolute Gasteiger partial charge is 0.488 e. The summed E-state index contributed by atoms with van der Waals surface area (Å²) >= 11 is 0. The van der Waals surface area contributed by atoms with E-state index in [9.17, 15) is 14.9 Å². The summed E-state index contributed by atoms with van der Waals surface area (Å²) in [5.74, 6) is 0.718. The monoisotopic (exact) mass is 356 g/mol. The number of nitrogens with one attached hydrogen (secondary N) is 1. The second-order valence-corrected chi connectivity index (χ2v) is 6.11. The molecule has 2 aromatic carbocycles. The third-order valence-electron chi connectivity index (χ3n) is 4.17. The van der Waals surface area contributed by atoms with Gasteiger partial charge < -0.3 is 14.8 Å². The van der Waals surface area contributed by atoms with Crippen molar-refractivity contribution in [3.05, 3.63) is 58.6 Å². The van der Waals surface area contributed by atoms with Gasteiger partial charge in [0.1, 0.15) is 11.5 Å². The smallest absolute Gasteiger partial charge is 0.269 e. The topological polar surface area (TPSA) is 90.7 Å². The molecule has 2 aromatic rings. The maximum absolute atomic E-state index is 12.2. The highest BCUT2D eigenvalue weighted by Crippen LogP contribution is 2.29. The van der Waals surface area contributed by atoms with Gasteiger partial charge in [-0.05, 0) is 49.9 Å². The van der Waals surface area contributed by atoms with Crippen molar-refractivity contribution in [2.24, 2.45) is 0 Å². The van der Waals surface area contributed by atoms with Crippen molar-refractivity contribution in [3.63, 3.8) is 0 Å². The molecule has 7 nitrogen and oxygen atoms in total. The number of nitro groups is 1. The quantitative estimate of drug-likeness (QED) is 0.599. The molecule has 1 fully saturated rings. The fraction of sp³-hybridized carbons (Fsp3) is 0.316. The van der Waals surface area contributed by atoms with E-state index in [0.29, 0.717) is 17.2 Å². The summed E-state index contributed by atoms with van der Waals surface area (Å²) < 4.78 is 11.4. The lowest BCUT2D eigenvalue weighted by Gasteiger charge is -2.17. The van der Waals surface area contributed by atoms with Crippen molar-refractivity contribution in [2.75, 3.05) is 11.9 Å². The maximum atomic E-state index is 12.2. The number of rotatable bonds is 7. The molecule has 0 unspecified atom stereocenters. The zero-order valence-corrected chi connectivity index (χ0v) is 14.2. The van der Waals surface area contributed by atoms with E-state index in [0.717, 1.165) is 12.8 Å². The second kappa shape index (κ2) is 8.33. The highest BCUT2D eigenvalue weighted by atomic mass is 16.6. The predicted molar refractivity (Wildman–Crippen MR) is 96.5 cm³/mol.